The van der Waals surface area contributed by atoms with Crippen molar-refractivity contribution >= 4 is 17.8 Å². The first-order valence-electron chi connectivity index (χ1n) is 8.27. The number of amides is 2. The number of ether oxygens (including phenoxy) is 2. The summed E-state index contributed by atoms with van der Waals surface area (Å²) in [6.07, 6.45) is 1.02. The third kappa shape index (κ3) is 8.19. The summed E-state index contributed by atoms with van der Waals surface area (Å²) in [6, 6.07) is 7.54. The highest BCUT2D eigenvalue weighted by molar-refractivity contribution is 5.79. The molecule has 0 fully saturated rings. The summed E-state index contributed by atoms with van der Waals surface area (Å²) in [7, 11) is 1.30. The van der Waals surface area contributed by atoms with Gasteiger partial charge in [0.15, 0.2) is 6.61 Å². The summed E-state index contributed by atoms with van der Waals surface area (Å²) in [4.78, 5) is 36.1. The Morgan fingerprint density at radius 1 is 1.12 bits per heavy atom. The number of carbonyl (C=O) groups is 3. The van der Waals surface area contributed by atoms with Gasteiger partial charge in [-0.3, -0.25) is 14.4 Å². The summed E-state index contributed by atoms with van der Waals surface area (Å²) in [5.74, 6) is -0.213. The monoisotopic (exact) mass is 350 g/mol. The van der Waals surface area contributed by atoms with Crippen LogP contribution in [0.25, 0.3) is 0 Å². The molecule has 0 saturated carbocycles. The number of nitrogens with one attached hydrogen (secondary N) is 1. The third-order valence-corrected chi connectivity index (χ3v) is 3.62. The van der Waals surface area contributed by atoms with Gasteiger partial charge < -0.3 is 19.7 Å². The van der Waals surface area contributed by atoms with Crippen molar-refractivity contribution in [3.63, 3.8) is 0 Å². The lowest BCUT2D eigenvalue weighted by Gasteiger charge is -2.22. The van der Waals surface area contributed by atoms with Crippen LogP contribution < -0.4 is 10.1 Å². The van der Waals surface area contributed by atoms with Crippen molar-refractivity contribution in [3.05, 3.63) is 29.8 Å². The van der Waals surface area contributed by atoms with E-state index in [2.05, 4.69) is 17.0 Å². The average molecular weight is 350 g/mol. The van der Waals surface area contributed by atoms with E-state index >= 15 is 0 Å². The molecule has 0 aliphatic carbocycles. The first-order valence-corrected chi connectivity index (χ1v) is 8.27. The molecule has 1 aromatic rings. The van der Waals surface area contributed by atoms with Gasteiger partial charge in [0.25, 0.3) is 5.91 Å². The lowest BCUT2D eigenvalue weighted by molar-refractivity contribution is -0.142. The second kappa shape index (κ2) is 11.1. The van der Waals surface area contributed by atoms with E-state index < -0.39 is 5.97 Å². The van der Waals surface area contributed by atoms with Gasteiger partial charge in [0.2, 0.25) is 5.91 Å². The zero-order valence-corrected chi connectivity index (χ0v) is 15.0. The fraction of sp³-hybridized carbons (Fsp3) is 0.500. The van der Waals surface area contributed by atoms with Gasteiger partial charge in [-0.1, -0.05) is 19.1 Å². The van der Waals surface area contributed by atoms with E-state index in [4.69, 9.17) is 4.74 Å². The van der Waals surface area contributed by atoms with Crippen LogP contribution in [0.15, 0.2) is 24.3 Å². The molecule has 1 rings (SSSR count). The van der Waals surface area contributed by atoms with Gasteiger partial charge in [-0.2, -0.15) is 0 Å². The fourth-order valence-electron chi connectivity index (χ4n) is 2.11. The van der Waals surface area contributed by atoms with Gasteiger partial charge in [-0.25, -0.2) is 0 Å². The van der Waals surface area contributed by atoms with E-state index in [0.29, 0.717) is 18.8 Å². The summed E-state index contributed by atoms with van der Waals surface area (Å²) in [6.45, 7) is 4.16. The van der Waals surface area contributed by atoms with Crippen LogP contribution in [0, 0.1) is 0 Å². The lowest BCUT2D eigenvalue weighted by Crippen LogP contribution is -2.41. The Morgan fingerprint density at radius 3 is 2.36 bits per heavy atom. The highest BCUT2D eigenvalue weighted by Gasteiger charge is 2.16. The number of carbonyl (C=O) groups excluding carboxylic acids is 3. The molecule has 25 heavy (non-hydrogen) atoms. The predicted molar refractivity (Wildman–Crippen MR) is 93.2 cm³/mol. The van der Waals surface area contributed by atoms with E-state index in [0.717, 1.165) is 6.42 Å². The highest BCUT2D eigenvalue weighted by atomic mass is 16.5. The first kappa shape index (κ1) is 20.5. The van der Waals surface area contributed by atoms with Crippen molar-refractivity contribution in [1.82, 2.24) is 10.2 Å². The summed E-state index contributed by atoms with van der Waals surface area (Å²) in [5, 5.41) is 2.63. The molecule has 7 nitrogen and oxygen atoms in total. The fourth-order valence-corrected chi connectivity index (χ4v) is 2.11. The number of rotatable bonds is 10. The van der Waals surface area contributed by atoms with E-state index in [1.807, 2.05) is 24.3 Å². The number of hydrogen-bond acceptors (Lipinski definition) is 5. The number of benzene rings is 1. The maximum Gasteiger partial charge on any atom is 0.307 e. The number of esters is 1. The van der Waals surface area contributed by atoms with Crippen molar-refractivity contribution in [3.8, 4) is 5.75 Å². The topological polar surface area (TPSA) is 84.9 Å². The standard InChI is InChI=1S/C18H26N2O5/c1-4-15-5-7-16(8-6-15)25-13-17(22)20(11-9-18(23)24-3)12-10-19-14(2)21/h5-8H,4,9-13H2,1-3H3,(H,19,21). The molecule has 0 aliphatic rings. The molecule has 0 unspecified atom stereocenters. The SMILES string of the molecule is CCc1ccc(OCC(=O)N(CCNC(C)=O)CCC(=O)OC)cc1. The van der Waals surface area contributed by atoms with E-state index in [9.17, 15) is 14.4 Å². The van der Waals surface area contributed by atoms with Crippen LogP contribution in [0.4, 0.5) is 0 Å². The average Bonchev–Trinajstić information content (AvgIpc) is 2.62. The zero-order chi connectivity index (χ0) is 18.7. The van der Waals surface area contributed by atoms with Gasteiger partial charge in [0.1, 0.15) is 5.75 Å². The zero-order valence-electron chi connectivity index (χ0n) is 15.0. The second-order valence-corrected chi connectivity index (χ2v) is 5.48. The van der Waals surface area contributed by atoms with E-state index in [-0.39, 0.29) is 31.4 Å². The Bertz CT molecular complexity index is 571. The molecule has 0 atom stereocenters. The predicted octanol–water partition coefficient (Wildman–Crippen LogP) is 1.16. The van der Waals surface area contributed by atoms with Crippen LogP contribution >= 0.6 is 0 Å². The van der Waals surface area contributed by atoms with Crippen molar-refractivity contribution in [2.24, 2.45) is 0 Å². The second-order valence-electron chi connectivity index (χ2n) is 5.48. The van der Waals surface area contributed by atoms with Crippen LogP contribution in [0.1, 0.15) is 25.8 Å². The molecule has 2 amide bonds. The maximum absolute atomic E-state index is 12.4. The number of hydrogen-bond donors (Lipinski definition) is 1. The highest BCUT2D eigenvalue weighted by Crippen LogP contribution is 2.12. The summed E-state index contributed by atoms with van der Waals surface area (Å²) < 4.78 is 10.1. The lowest BCUT2D eigenvalue weighted by atomic mass is 10.2. The number of nitrogens with zero attached hydrogens (tertiary/aromatic N) is 1. The van der Waals surface area contributed by atoms with Crippen LogP contribution in [0.3, 0.4) is 0 Å². The van der Waals surface area contributed by atoms with Crippen molar-refractivity contribution in [2.45, 2.75) is 26.7 Å². The van der Waals surface area contributed by atoms with Crippen LogP contribution in [0.5, 0.6) is 5.75 Å². The minimum atomic E-state index is -0.395. The molecule has 0 bridgehead atoms. The van der Waals surface area contributed by atoms with Gasteiger partial charge in [-0.15, -0.1) is 0 Å². The van der Waals surface area contributed by atoms with Crippen LogP contribution in [-0.4, -0.2) is 56.0 Å². The van der Waals surface area contributed by atoms with Crippen molar-refractivity contribution in [1.29, 1.82) is 0 Å². The Kier molecular flexibility index (Phi) is 9.06. The minimum Gasteiger partial charge on any atom is -0.484 e. The first-order chi connectivity index (χ1) is 12.0. The molecule has 138 valence electrons. The normalized spacial score (nSPS) is 10.0. The van der Waals surface area contributed by atoms with Crippen LogP contribution in [-0.2, 0) is 25.5 Å². The quantitative estimate of drug-likeness (QED) is 0.640. The smallest absolute Gasteiger partial charge is 0.307 e. The molecule has 0 spiro atoms. The van der Waals surface area contributed by atoms with E-state index in [1.165, 1.54) is 24.5 Å². The number of aryl methyl sites for hydroxylation is 1. The van der Waals surface area contributed by atoms with Gasteiger partial charge in [0, 0.05) is 26.6 Å². The molecular formula is C18H26N2O5. The molecule has 0 aromatic heterocycles. The maximum atomic E-state index is 12.4. The molecule has 7 heteroatoms. The van der Waals surface area contributed by atoms with E-state index in [1.54, 1.807) is 0 Å². The Morgan fingerprint density at radius 2 is 1.80 bits per heavy atom. The molecule has 0 radical (unpaired) electrons. The summed E-state index contributed by atoms with van der Waals surface area (Å²) >= 11 is 0. The van der Waals surface area contributed by atoms with Crippen molar-refractivity contribution in [2.75, 3.05) is 33.4 Å². The Labute approximate surface area is 148 Å². The van der Waals surface area contributed by atoms with Crippen LogP contribution in [0.2, 0.25) is 0 Å². The molecule has 0 aliphatic heterocycles. The molecule has 1 N–H and O–H groups in total. The molecule has 0 saturated heterocycles. The van der Waals surface area contributed by atoms with Gasteiger partial charge in [0.05, 0.1) is 13.5 Å². The Balaban J connectivity index is 2.55. The Hall–Kier alpha value is -2.57. The molecular weight excluding hydrogens is 324 g/mol. The van der Waals surface area contributed by atoms with Gasteiger partial charge in [-0.05, 0) is 24.1 Å². The summed E-state index contributed by atoms with van der Waals surface area (Å²) in [5.41, 5.74) is 1.19. The molecule has 1 aromatic carbocycles. The molecule has 0 heterocycles. The van der Waals surface area contributed by atoms with Gasteiger partial charge >= 0.3 is 5.97 Å². The minimum absolute atomic E-state index is 0.0908. The van der Waals surface area contributed by atoms with Crippen molar-refractivity contribution < 1.29 is 23.9 Å². The largest absolute Gasteiger partial charge is 0.484 e. The number of methoxy groups -OCH3 is 1. The third-order valence-electron chi connectivity index (χ3n) is 3.62.